The summed E-state index contributed by atoms with van der Waals surface area (Å²) in [6.07, 6.45) is -3.55. The number of halogens is 4. The second kappa shape index (κ2) is 6.60. The van der Waals surface area contributed by atoms with Crippen LogP contribution in [-0.2, 0) is 15.7 Å². The van der Waals surface area contributed by atoms with Crippen molar-refractivity contribution in [3.8, 4) is 0 Å². The Hall–Kier alpha value is -1.28. The summed E-state index contributed by atoms with van der Waals surface area (Å²) in [4.78, 5) is 11.4. The van der Waals surface area contributed by atoms with Gasteiger partial charge in [0, 0.05) is 5.56 Å². The lowest BCUT2D eigenvalue weighted by molar-refractivity contribution is -0.145. The molecule has 0 aliphatic rings. The molecule has 104 valence electrons. The average molecular weight is 288 g/mol. The third-order valence-electron chi connectivity index (χ3n) is 2.27. The predicted molar refractivity (Wildman–Crippen MR) is 59.3 cm³/mol. The van der Waals surface area contributed by atoms with Gasteiger partial charge in [-0.3, -0.25) is 9.89 Å². The molecule has 0 radical (unpaired) electrons. The molecule has 1 aromatic heterocycles. The number of nitrogens with one attached hydrogen (secondary N) is 1. The van der Waals surface area contributed by atoms with Crippen molar-refractivity contribution in [2.24, 2.45) is 5.73 Å². The van der Waals surface area contributed by atoms with Gasteiger partial charge in [0.1, 0.15) is 5.69 Å². The Labute approximate surface area is 107 Å². The summed E-state index contributed by atoms with van der Waals surface area (Å²) < 4.78 is 42.2. The summed E-state index contributed by atoms with van der Waals surface area (Å²) in [6, 6.07) is 0. The first-order valence-electron chi connectivity index (χ1n) is 4.80. The van der Waals surface area contributed by atoms with Gasteiger partial charge in [0.05, 0.1) is 19.2 Å². The molecule has 0 aliphatic carbocycles. The third kappa shape index (κ3) is 3.61. The molecule has 1 atom stereocenters. The molecule has 1 heterocycles. The Morgan fingerprint density at radius 3 is 2.67 bits per heavy atom. The highest BCUT2D eigenvalue weighted by molar-refractivity contribution is 5.85. The first-order chi connectivity index (χ1) is 7.91. The number of rotatable bonds is 4. The van der Waals surface area contributed by atoms with Crippen molar-refractivity contribution in [1.29, 1.82) is 0 Å². The fourth-order valence-electron chi connectivity index (χ4n) is 1.50. The van der Waals surface area contributed by atoms with Gasteiger partial charge in [0.2, 0.25) is 0 Å². The largest absolute Gasteiger partial charge is 0.469 e. The van der Waals surface area contributed by atoms with E-state index in [9.17, 15) is 18.0 Å². The standard InChI is InChI=1S/C9H12F3N3O2.ClH/c1-17-8(16)5(2-3-13)6-4-14-15-7(6)9(10,11)12;/h4-5H,2-3,13H2,1H3,(H,14,15);1H. The minimum atomic E-state index is -4.59. The van der Waals surface area contributed by atoms with Crippen LogP contribution in [0.1, 0.15) is 23.6 Å². The number of carbonyl (C=O) groups is 1. The van der Waals surface area contributed by atoms with Crippen LogP contribution in [0.25, 0.3) is 0 Å². The van der Waals surface area contributed by atoms with E-state index < -0.39 is 23.8 Å². The van der Waals surface area contributed by atoms with Crippen molar-refractivity contribution >= 4 is 18.4 Å². The number of carbonyl (C=O) groups excluding carboxylic acids is 1. The first-order valence-corrected chi connectivity index (χ1v) is 4.80. The number of H-pyrrole nitrogens is 1. The smallest absolute Gasteiger partial charge is 0.433 e. The van der Waals surface area contributed by atoms with Gasteiger partial charge in [-0.1, -0.05) is 0 Å². The molecule has 1 aromatic rings. The summed E-state index contributed by atoms with van der Waals surface area (Å²) in [7, 11) is 1.11. The lowest BCUT2D eigenvalue weighted by Gasteiger charge is -2.15. The Bertz CT molecular complexity index is 395. The van der Waals surface area contributed by atoms with E-state index in [1.54, 1.807) is 0 Å². The highest BCUT2D eigenvalue weighted by Gasteiger charge is 2.39. The molecule has 1 unspecified atom stereocenters. The molecule has 5 nitrogen and oxygen atoms in total. The van der Waals surface area contributed by atoms with E-state index in [1.165, 1.54) is 0 Å². The van der Waals surface area contributed by atoms with Crippen LogP contribution in [0, 0.1) is 0 Å². The molecule has 0 spiro atoms. The van der Waals surface area contributed by atoms with E-state index in [4.69, 9.17) is 5.73 Å². The number of ether oxygens (including phenoxy) is 1. The summed E-state index contributed by atoms with van der Waals surface area (Å²) in [5.74, 6) is -1.82. The maximum Gasteiger partial charge on any atom is 0.433 e. The lowest BCUT2D eigenvalue weighted by atomic mass is 9.96. The van der Waals surface area contributed by atoms with Gasteiger partial charge in [-0.15, -0.1) is 12.4 Å². The van der Waals surface area contributed by atoms with E-state index in [0.29, 0.717) is 0 Å². The molecule has 0 aromatic carbocycles. The minimum Gasteiger partial charge on any atom is -0.469 e. The maximum absolute atomic E-state index is 12.6. The van der Waals surface area contributed by atoms with E-state index in [-0.39, 0.29) is 30.9 Å². The van der Waals surface area contributed by atoms with Gasteiger partial charge in [-0.05, 0) is 13.0 Å². The summed E-state index contributed by atoms with van der Waals surface area (Å²) in [5.41, 5.74) is 3.99. The van der Waals surface area contributed by atoms with Crippen molar-refractivity contribution in [2.45, 2.75) is 18.5 Å². The molecule has 0 saturated heterocycles. The number of alkyl halides is 3. The van der Waals surface area contributed by atoms with E-state index in [0.717, 1.165) is 13.3 Å². The molecule has 0 saturated carbocycles. The Morgan fingerprint density at radius 1 is 1.61 bits per heavy atom. The fraction of sp³-hybridized carbons (Fsp3) is 0.556. The van der Waals surface area contributed by atoms with Crippen LogP contribution in [0.2, 0.25) is 0 Å². The molecule has 0 fully saturated rings. The van der Waals surface area contributed by atoms with Crippen molar-refractivity contribution < 1.29 is 22.7 Å². The maximum atomic E-state index is 12.6. The van der Waals surface area contributed by atoms with Gasteiger partial charge < -0.3 is 10.5 Å². The molecule has 0 amide bonds. The number of hydrogen-bond acceptors (Lipinski definition) is 4. The van der Waals surface area contributed by atoms with Crippen LogP contribution in [0.4, 0.5) is 13.2 Å². The van der Waals surface area contributed by atoms with Crippen LogP contribution in [0.15, 0.2) is 6.20 Å². The van der Waals surface area contributed by atoms with Crippen LogP contribution < -0.4 is 5.73 Å². The zero-order valence-corrected chi connectivity index (χ0v) is 10.3. The van der Waals surface area contributed by atoms with Crippen LogP contribution >= 0.6 is 12.4 Å². The minimum absolute atomic E-state index is 0. The summed E-state index contributed by atoms with van der Waals surface area (Å²) >= 11 is 0. The van der Waals surface area contributed by atoms with Gasteiger partial charge >= 0.3 is 12.1 Å². The molecule has 18 heavy (non-hydrogen) atoms. The fourth-order valence-corrected chi connectivity index (χ4v) is 1.50. The van der Waals surface area contributed by atoms with E-state index in [1.807, 2.05) is 5.10 Å². The van der Waals surface area contributed by atoms with Crippen molar-refractivity contribution in [3.63, 3.8) is 0 Å². The predicted octanol–water partition coefficient (Wildman–Crippen LogP) is 1.46. The molecule has 0 bridgehead atoms. The van der Waals surface area contributed by atoms with Crippen molar-refractivity contribution in [2.75, 3.05) is 13.7 Å². The molecule has 0 aliphatic heterocycles. The van der Waals surface area contributed by atoms with Crippen molar-refractivity contribution in [3.05, 3.63) is 17.5 Å². The Balaban J connectivity index is 0.00000289. The zero-order chi connectivity index (χ0) is 13.1. The number of esters is 1. The van der Waals surface area contributed by atoms with Gasteiger partial charge in [0.15, 0.2) is 0 Å². The van der Waals surface area contributed by atoms with Gasteiger partial charge in [0.25, 0.3) is 0 Å². The van der Waals surface area contributed by atoms with E-state index in [2.05, 4.69) is 9.84 Å². The second-order valence-corrected chi connectivity index (χ2v) is 3.35. The van der Waals surface area contributed by atoms with Gasteiger partial charge in [-0.2, -0.15) is 18.3 Å². The average Bonchev–Trinajstić information content (AvgIpc) is 2.73. The van der Waals surface area contributed by atoms with Crippen LogP contribution in [0.3, 0.4) is 0 Å². The number of aromatic amines is 1. The molecule has 1 rings (SSSR count). The van der Waals surface area contributed by atoms with Crippen molar-refractivity contribution in [1.82, 2.24) is 10.2 Å². The highest BCUT2D eigenvalue weighted by Crippen LogP contribution is 2.34. The topological polar surface area (TPSA) is 81.0 Å². The Kier molecular flexibility index (Phi) is 6.13. The SMILES string of the molecule is COC(=O)C(CCN)c1cn[nH]c1C(F)(F)F.Cl. The third-order valence-corrected chi connectivity index (χ3v) is 2.27. The number of hydrogen-bond donors (Lipinski definition) is 2. The number of aromatic nitrogens is 2. The summed E-state index contributed by atoms with van der Waals surface area (Å²) in [6.45, 7) is 0.0717. The second-order valence-electron chi connectivity index (χ2n) is 3.35. The summed E-state index contributed by atoms with van der Waals surface area (Å²) in [5, 5.41) is 5.15. The molecular weight excluding hydrogens is 275 g/mol. The highest BCUT2D eigenvalue weighted by atomic mass is 35.5. The van der Waals surface area contributed by atoms with Crippen LogP contribution in [-0.4, -0.2) is 29.8 Å². The normalized spacial score (nSPS) is 12.7. The number of nitrogens with two attached hydrogens (primary N) is 1. The monoisotopic (exact) mass is 287 g/mol. The van der Waals surface area contributed by atoms with E-state index >= 15 is 0 Å². The van der Waals surface area contributed by atoms with Crippen LogP contribution in [0.5, 0.6) is 0 Å². The zero-order valence-electron chi connectivity index (χ0n) is 9.45. The molecule has 9 heteroatoms. The Morgan fingerprint density at radius 2 is 2.22 bits per heavy atom. The lowest BCUT2D eigenvalue weighted by Crippen LogP contribution is -2.21. The molecular formula is C9H13ClF3N3O2. The molecule has 3 N–H and O–H groups in total. The number of nitrogens with zero attached hydrogens (tertiary/aromatic N) is 1. The first kappa shape index (κ1) is 16.7. The van der Waals surface area contributed by atoms with Gasteiger partial charge in [-0.25, -0.2) is 0 Å². The number of methoxy groups -OCH3 is 1. The quantitative estimate of drug-likeness (QED) is 0.822.